The van der Waals surface area contributed by atoms with E-state index in [0.29, 0.717) is 5.92 Å². The van der Waals surface area contributed by atoms with Crippen LogP contribution in [0.3, 0.4) is 0 Å². The quantitative estimate of drug-likeness (QED) is 0.872. The highest BCUT2D eigenvalue weighted by molar-refractivity contribution is 5.82. The zero-order valence-electron chi connectivity index (χ0n) is 11.9. The van der Waals surface area contributed by atoms with Gasteiger partial charge >= 0.3 is 0 Å². The predicted molar refractivity (Wildman–Crippen MR) is 77.3 cm³/mol. The van der Waals surface area contributed by atoms with E-state index in [1.807, 2.05) is 12.1 Å². The molecule has 0 radical (unpaired) electrons. The maximum Gasteiger partial charge on any atom is 0.237 e. The monoisotopic (exact) mass is 274 g/mol. The maximum absolute atomic E-state index is 12.3. The van der Waals surface area contributed by atoms with E-state index in [1.165, 1.54) is 11.1 Å². The Kier molecular flexibility index (Phi) is 4.03. The molecule has 2 unspecified atom stereocenters. The van der Waals surface area contributed by atoms with Crippen molar-refractivity contribution >= 4 is 5.91 Å². The van der Waals surface area contributed by atoms with Gasteiger partial charge in [-0.1, -0.05) is 24.3 Å². The predicted octanol–water partition coefficient (Wildman–Crippen LogP) is 1.24. The fourth-order valence-electron chi connectivity index (χ4n) is 3.04. The van der Waals surface area contributed by atoms with Crippen LogP contribution in [-0.4, -0.2) is 31.2 Å². The summed E-state index contributed by atoms with van der Waals surface area (Å²) in [6.45, 7) is 4.40. The van der Waals surface area contributed by atoms with Gasteiger partial charge in [-0.05, 0) is 30.9 Å². The van der Waals surface area contributed by atoms with Crippen LogP contribution < -0.4 is 10.6 Å². The van der Waals surface area contributed by atoms with E-state index in [9.17, 15) is 4.79 Å². The van der Waals surface area contributed by atoms with Gasteiger partial charge in [0.15, 0.2) is 0 Å². The van der Waals surface area contributed by atoms with Gasteiger partial charge < -0.3 is 15.4 Å². The van der Waals surface area contributed by atoms with Crippen LogP contribution >= 0.6 is 0 Å². The zero-order chi connectivity index (χ0) is 13.9. The maximum atomic E-state index is 12.3. The highest BCUT2D eigenvalue weighted by Crippen LogP contribution is 2.20. The Hall–Kier alpha value is -1.39. The summed E-state index contributed by atoms with van der Waals surface area (Å²) in [6.07, 6.45) is 2.08. The van der Waals surface area contributed by atoms with Crippen LogP contribution in [0, 0.1) is 5.92 Å². The number of hydrogen-bond donors (Lipinski definition) is 2. The van der Waals surface area contributed by atoms with Crippen LogP contribution in [0.1, 0.15) is 24.5 Å². The summed E-state index contributed by atoms with van der Waals surface area (Å²) in [4.78, 5) is 12.3. The van der Waals surface area contributed by atoms with E-state index in [0.717, 1.165) is 32.5 Å². The van der Waals surface area contributed by atoms with Crippen LogP contribution in [0.2, 0.25) is 0 Å². The highest BCUT2D eigenvalue weighted by Gasteiger charge is 2.27. The zero-order valence-corrected chi connectivity index (χ0v) is 11.9. The van der Waals surface area contributed by atoms with Gasteiger partial charge in [0.05, 0.1) is 12.1 Å². The van der Waals surface area contributed by atoms with Gasteiger partial charge in [-0.2, -0.15) is 0 Å². The summed E-state index contributed by atoms with van der Waals surface area (Å²) >= 11 is 0. The second kappa shape index (κ2) is 5.94. The molecule has 0 bridgehead atoms. The molecule has 2 aliphatic rings. The molecule has 20 heavy (non-hydrogen) atoms. The van der Waals surface area contributed by atoms with Crippen molar-refractivity contribution in [3.05, 3.63) is 35.4 Å². The van der Waals surface area contributed by atoms with Crippen molar-refractivity contribution in [3.8, 4) is 0 Å². The Morgan fingerprint density at radius 3 is 2.95 bits per heavy atom. The van der Waals surface area contributed by atoms with Crippen LogP contribution in [0.15, 0.2) is 24.3 Å². The average molecular weight is 274 g/mol. The third kappa shape index (κ3) is 2.86. The standard InChI is InChI=1S/C16H22N2O2/c1-11-13(6-7-20-11)9-18-16(19)15-8-12-4-2-3-5-14(12)10-17-15/h2-5,11,13,15,17H,6-10H2,1H3,(H,18,19)/t11?,13?,15-/m0/s1. The van der Waals surface area contributed by atoms with E-state index in [-0.39, 0.29) is 18.1 Å². The third-order valence-corrected chi connectivity index (χ3v) is 4.47. The normalized spacial score (nSPS) is 28.9. The molecule has 108 valence electrons. The lowest BCUT2D eigenvalue weighted by atomic mass is 9.95. The van der Waals surface area contributed by atoms with E-state index >= 15 is 0 Å². The summed E-state index contributed by atoms with van der Waals surface area (Å²) < 4.78 is 5.52. The molecule has 3 rings (SSSR count). The summed E-state index contributed by atoms with van der Waals surface area (Å²) in [7, 11) is 0. The molecule has 3 atom stereocenters. The lowest BCUT2D eigenvalue weighted by molar-refractivity contribution is -0.123. The SMILES string of the molecule is CC1OCCC1CNC(=O)[C@@H]1Cc2ccccc2CN1. The molecule has 4 nitrogen and oxygen atoms in total. The first-order valence-corrected chi connectivity index (χ1v) is 7.43. The minimum absolute atomic E-state index is 0.109. The minimum Gasteiger partial charge on any atom is -0.378 e. The molecule has 1 aromatic rings. The second-order valence-corrected chi connectivity index (χ2v) is 5.78. The first kappa shape index (κ1) is 13.6. The van der Waals surface area contributed by atoms with Crippen molar-refractivity contribution in [2.45, 2.75) is 38.5 Å². The topological polar surface area (TPSA) is 50.4 Å². The Morgan fingerprint density at radius 1 is 1.40 bits per heavy atom. The Bertz CT molecular complexity index is 489. The number of carbonyl (C=O) groups excluding carboxylic acids is 1. The Labute approximate surface area is 119 Å². The lowest BCUT2D eigenvalue weighted by Gasteiger charge is -2.26. The highest BCUT2D eigenvalue weighted by atomic mass is 16.5. The number of carbonyl (C=O) groups is 1. The fourth-order valence-corrected chi connectivity index (χ4v) is 3.04. The molecule has 2 heterocycles. The molecule has 0 aromatic heterocycles. The fraction of sp³-hybridized carbons (Fsp3) is 0.562. The molecular weight excluding hydrogens is 252 g/mol. The molecule has 2 N–H and O–H groups in total. The van der Waals surface area contributed by atoms with Crippen LogP contribution in [0.25, 0.3) is 0 Å². The van der Waals surface area contributed by atoms with Crippen molar-refractivity contribution in [2.75, 3.05) is 13.2 Å². The van der Waals surface area contributed by atoms with Gasteiger partial charge in [0.25, 0.3) is 0 Å². The minimum atomic E-state index is -0.109. The lowest BCUT2D eigenvalue weighted by Crippen LogP contribution is -2.48. The first-order chi connectivity index (χ1) is 9.74. The van der Waals surface area contributed by atoms with Crippen LogP contribution in [0.5, 0.6) is 0 Å². The third-order valence-electron chi connectivity index (χ3n) is 4.47. The van der Waals surface area contributed by atoms with Crippen LogP contribution in [-0.2, 0) is 22.5 Å². The molecule has 0 spiro atoms. The van der Waals surface area contributed by atoms with Crippen molar-refractivity contribution < 1.29 is 9.53 Å². The number of fused-ring (bicyclic) bond motifs is 1. The largest absolute Gasteiger partial charge is 0.378 e. The van der Waals surface area contributed by atoms with E-state index in [2.05, 4.69) is 29.7 Å². The van der Waals surface area contributed by atoms with Gasteiger partial charge in [0.1, 0.15) is 0 Å². The first-order valence-electron chi connectivity index (χ1n) is 7.43. The van der Waals surface area contributed by atoms with Crippen LogP contribution in [0.4, 0.5) is 0 Å². The molecule has 0 aliphatic carbocycles. The summed E-state index contributed by atoms with van der Waals surface area (Å²) in [6, 6.07) is 8.21. The van der Waals surface area contributed by atoms with Crippen molar-refractivity contribution in [3.63, 3.8) is 0 Å². The number of amides is 1. The number of rotatable bonds is 3. The van der Waals surface area contributed by atoms with Gasteiger partial charge in [0, 0.05) is 25.6 Å². The number of hydrogen-bond acceptors (Lipinski definition) is 3. The summed E-state index contributed by atoms with van der Waals surface area (Å²) in [5.74, 6) is 0.563. The molecule has 1 aromatic carbocycles. The smallest absolute Gasteiger partial charge is 0.237 e. The average Bonchev–Trinajstić information content (AvgIpc) is 2.89. The summed E-state index contributed by atoms with van der Waals surface area (Å²) in [5, 5.41) is 6.39. The molecule has 2 aliphatic heterocycles. The molecule has 4 heteroatoms. The van der Waals surface area contributed by atoms with Crippen molar-refractivity contribution in [1.29, 1.82) is 0 Å². The number of nitrogens with one attached hydrogen (secondary N) is 2. The number of benzene rings is 1. The van der Waals surface area contributed by atoms with E-state index < -0.39 is 0 Å². The van der Waals surface area contributed by atoms with E-state index in [4.69, 9.17) is 4.74 Å². The van der Waals surface area contributed by atoms with Gasteiger partial charge in [-0.15, -0.1) is 0 Å². The van der Waals surface area contributed by atoms with E-state index in [1.54, 1.807) is 0 Å². The molecule has 1 amide bonds. The van der Waals surface area contributed by atoms with Gasteiger partial charge in [-0.3, -0.25) is 4.79 Å². The number of ether oxygens (including phenoxy) is 1. The molecule has 0 saturated carbocycles. The molecule has 1 fully saturated rings. The van der Waals surface area contributed by atoms with Crippen molar-refractivity contribution in [1.82, 2.24) is 10.6 Å². The second-order valence-electron chi connectivity index (χ2n) is 5.78. The van der Waals surface area contributed by atoms with Crippen molar-refractivity contribution in [2.24, 2.45) is 5.92 Å². The van der Waals surface area contributed by atoms with Gasteiger partial charge in [-0.25, -0.2) is 0 Å². The van der Waals surface area contributed by atoms with Gasteiger partial charge in [0.2, 0.25) is 5.91 Å². The molecular formula is C16H22N2O2. The Morgan fingerprint density at radius 2 is 2.20 bits per heavy atom. The Balaban J connectivity index is 1.54. The summed E-state index contributed by atoms with van der Waals surface area (Å²) in [5.41, 5.74) is 2.58. The molecule has 1 saturated heterocycles.